The number of hydrogen-bond donors (Lipinski definition) is 1. The van der Waals surface area contributed by atoms with Gasteiger partial charge in [-0.1, -0.05) is 18.2 Å². The highest BCUT2D eigenvalue weighted by atomic mass is 16.5. The maximum absolute atomic E-state index is 12.8. The first-order chi connectivity index (χ1) is 14.6. The Morgan fingerprint density at radius 2 is 1.57 bits per heavy atom. The third-order valence-electron chi connectivity index (χ3n) is 6.21. The summed E-state index contributed by atoms with van der Waals surface area (Å²) in [7, 11) is 0. The fourth-order valence-corrected chi connectivity index (χ4v) is 4.26. The largest absolute Gasteiger partial charge is 0.378 e. The minimum atomic E-state index is -0.150. The van der Waals surface area contributed by atoms with Gasteiger partial charge in [-0.3, -0.25) is 9.69 Å². The number of piperazine rings is 1. The summed E-state index contributed by atoms with van der Waals surface area (Å²) in [4.78, 5) is 19.8. The number of ether oxygens (including phenoxy) is 1. The second kappa shape index (κ2) is 9.49. The van der Waals surface area contributed by atoms with Crippen molar-refractivity contribution in [2.24, 2.45) is 0 Å². The van der Waals surface area contributed by atoms with Crippen LogP contribution < -0.4 is 15.1 Å². The van der Waals surface area contributed by atoms with Crippen molar-refractivity contribution < 1.29 is 9.53 Å². The Morgan fingerprint density at radius 3 is 2.23 bits per heavy atom. The standard InChI is InChI=1S/C24H32N4O2/c1-19-5-3-4-6-23(19)28-13-11-26(12-14-28)20(2)24(29)25-21-7-9-22(10-8-21)27-15-17-30-18-16-27/h3-10,20H,11-18H2,1-2H3,(H,25,29). The third-order valence-corrected chi connectivity index (χ3v) is 6.21. The Balaban J connectivity index is 1.29. The van der Waals surface area contributed by atoms with Crippen LogP contribution in [0.5, 0.6) is 0 Å². The van der Waals surface area contributed by atoms with Gasteiger partial charge >= 0.3 is 0 Å². The molecule has 2 fully saturated rings. The molecule has 2 aromatic rings. The molecule has 6 heteroatoms. The van der Waals surface area contributed by atoms with Crippen LogP contribution >= 0.6 is 0 Å². The van der Waals surface area contributed by atoms with Gasteiger partial charge in [0.25, 0.3) is 0 Å². The van der Waals surface area contributed by atoms with Crippen LogP contribution in [0.3, 0.4) is 0 Å². The Labute approximate surface area is 179 Å². The van der Waals surface area contributed by atoms with Crippen LogP contribution in [-0.4, -0.2) is 69.3 Å². The summed E-state index contributed by atoms with van der Waals surface area (Å²) in [6.45, 7) is 11.2. The van der Waals surface area contributed by atoms with Crippen molar-refractivity contribution in [3.8, 4) is 0 Å². The first kappa shape index (κ1) is 20.7. The minimum absolute atomic E-state index is 0.0541. The monoisotopic (exact) mass is 408 g/mol. The van der Waals surface area contributed by atoms with Crippen molar-refractivity contribution >= 4 is 23.0 Å². The maximum atomic E-state index is 12.8. The van der Waals surface area contributed by atoms with Crippen molar-refractivity contribution in [2.45, 2.75) is 19.9 Å². The highest BCUT2D eigenvalue weighted by molar-refractivity contribution is 5.94. The number of anilines is 3. The van der Waals surface area contributed by atoms with Crippen molar-refractivity contribution in [2.75, 3.05) is 67.6 Å². The molecule has 2 aromatic carbocycles. The van der Waals surface area contributed by atoms with E-state index in [1.54, 1.807) is 0 Å². The molecule has 2 aliphatic heterocycles. The Bertz CT molecular complexity index is 841. The Kier molecular flexibility index (Phi) is 6.55. The molecular weight excluding hydrogens is 376 g/mol. The number of aryl methyl sites for hydroxylation is 1. The summed E-state index contributed by atoms with van der Waals surface area (Å²) < 4.78 is 5.41. The SMILES string of the molecule is Cc1ccccc1N1CCN(C(C)C(=O)Nc2ccc(N3CCOCC3)cc2)CC1. The van der Waals surface area contributed by atoms with E-state index in [-0.39, 0.29) is 11.9 Å². The molecule has 0 aliphatic carbocycles. The zero-order valence-corrected chi connectivity index (χ0v) is 18.0. The highest BCUT2D eigenvalue weighted by Gasteiger charge is 2.26. The number of rotatable bonds is 5. The fraction of sp³-hybridized carbons (Fsp3) is 0.458. The number of nitrogens with one attached hydrogen (secondary N) is 1. The number of para-hydroxylation sites is 1. The number of amides is 1. The lowest BCUT2D eigenvalue weighted by molar-refractivity contribution is -0.120. The molecule has 4 rings (SSSR count). The average molecular weight is 409 g/mol. The number of nitrogens with zero attached hydrogens (tertiary/aromatic N) is 3. The van der Waals surface area contributed by atoms with Crippen LogP contribution in [0, 0.1) is 6.92 Å². The molecular formula is C24H32N4O2. The van der Waals surface area contributed by atoms with E-state index in [0.29, 0.717) is 0 Å². The van der Waals surface area contributed by atoms with Crippen LogP contribution in [0.4, 0.5) is 17.1 Å². The van der Waals surface area contributed by atoms with Crippen molar-refractivity contribution in [1.82, 2.24) is 4.90 Å². The van der Waals surface area contributed by atoms with Gasteiger partial charge < -0.3 is 19.9 Å². The van der Waals surface area contributed by atoms with Crippen LogP contribution in [0.2, 0.25) is 0 Å². The van der Waals surface area contributed by atoms with Crippen LogP contribution in [0.15, 0.2) is 48.5 Å². The normalized spacial score (nSPS) is 18.9. The van der Waals surface area contributed by atoms with Gasteiger partial charge in [-0.25, -0.2) is 0 Å². The van der Waals surface area contributed by atoms with E-state index in [4.69, 9.17) is 4.74 Å². The van der Waals surface area contributed by atoms with Crippen LogP contribution in [0.1, 0.15) is 12.5 Å². The summed E-state index contributed by atoms with van der Waals surface area (Å²) in [5.74, 6) is 0.0541. The van der Waals surface area contributed by atoms with Gasteiger partial charge in [0.2, 0.25) is 5.91 Å². The molecule has 1 atom stereocenters. The van der Waals surface area contributed by atoms with E-state index >= 15 is 0 Å². The summed E-state index contributed by atoms with van der Waals surface area (Å²) in [5, 5.41) is 3.08. The zero-order chi connectivity index (χ0) is 20.9. The summed E-state index contributed by atoms with van der Waals surface area (Å²) in [6, 6.07) is 16.5. The first-order valence-corrected chi connectivity index (χ1v) is 10.9. The fourth-order valence-electron chi connectivity index (χ4n) is 4.26. The molecule has 6 nitrogen and oxygen atoms in total. The van der Waals surface area contributed by atoms with E-state index in [1.807, 2.05) is 19.1 Å². The van der Waals surface area contributed by atoms with Gasteiger partial charge in [0.05, 0.1) is 19.3 Å². The molecule has 0 spiro atoms. The average Bonchev–Trinajstić information content (AvgIpc) is 2.80. The first-order valence-electron chi connectivity index (χ1n) is 10.9. The van der Waals surface area contributed by atoms with Crippen molar-refractivity contribution in [1.29, 1.82) is 0 Å². The van der Waals surface area contributed by atoms with Crippen LogP contribution in [-0.2, 0) is 9.53 Å². The quantitative estimate of drug-likeness (QED) is 0.824. The van der Waals surface area contributed by atoms with Gasteiger partial charge in [0.1, 0.15) is 0 Å². The molecule has 1 N–H and O–H groups in total. The topological polar surface area (TPSA) is 48.0 Å². The Morgan fingerprint density at radius 1 is 0.900 bits per heavy atom. The number of carbonyl (C=O) groups is 1. The van der Waals surface area contributed by atoms with E-state index in [2.05, 4.69) is 63.3 Å². The van der Waals surface area contributed by atoms with Gasteiger partial charge in [0, 0.05) is 56.3 Å². The zero-order valence-electron chi connectivity index (χ0n) is 18.0. The van der Waals surface area contributed by atoms with Gasteiger partial charge in [-0.2, -0.15) is 0 Å². The number of carbonyl (C=O) groups excluding carboxylic acids is 1. The van der Waals surface area contributed by atoms with Gasteiger partial charge in [-0.05, 0) is 49.7 Å². The van der Waals surface area contributed by atoms with Crippen LogP contribution in [0.25, 0.3) is 0 Å². The lowest BCUT2D eigenvalue weighted by atomic mass is 10.1. The minimum Gasteiger partial charge on any atom is -0.378 e. The van der Waals surface area contributed by atoms with Gasteiger partial charge in [0.15, 0.2) is 0 Å². The molecule has 160 valence electrons. The predicted molar refractivity (Wildman–Crippen MR) is 123 cm³/mol. The molecule has 30 heavy (non-hydrogen) atoms. The van der Waals surface area contributed by atoms with E-state index in [0.717, 1.165) is 58.2 Å². The number of morpholine rings is 1. The second-order valence-corrected chi connectivity index (χ2v) is 8.12. The molecule has 0 aromatic heterocycles. The molecule has 2 heterocycles. The van der Waals surface area contributed by atoms with E-state index < -0.39 is 0 Å². The van der Waals surface area contributed by atoms with E-state index in [1.165, 1.54) is 16.9 Å². The highest BCUT2D eigenvalue weighted by Crippen LogP contribution is 2.22. The third kappa shape index (κ3) is 4.77. The Hall–Kier alpha value is -2.57. The predicted octanol–water partition coefficient (Wildman–Crippen LogP) is 2.98. The molecule has 0 radical (unpaired) electrons. The maximum Gasteiger partial charge on any atom is 0.241 e. The summed E-state index contributed by atoms with van der Waals surface area (Å²) in [5.41, 5.74) is 4.63. The smallest absolute Gasteiger partial charge is 0.241 e. The molecule has 0 saturated carbocycles. The lowest BCUT2D eigenvalue weighted by Crippen LogP contribution is -2.53. The van der Waals surface area contributed by atoms with Crippen molar-refractivity contribution in [3.05, 3.63) is 54.1 Å². The van der Waals surface area contributed by atoms with E-state index in [9.17, 15) is 4.79 Å². The molecule has 1 unspecified atom stereocenters. The molecule has 2 saturated heterocycles. The van der Waals surface area contributed by atoms with Gasteiger partial charge in [-0.15, -0.1) is 0 Å². The molecule has 0 bridgehead atoms. The molecule has 2 aliphatic rings. The number of hydrogen-bond acceptors (Lipinski definition) is 5. The van der Waals surface area contributed by atoms with Crippen molar-refractivity contribution in [3.63, 3.8) is 0 Å². The molecule has 1 amide bonds. The summed E-state index contributed by atoms with van der Waals surface area (Å²) >= 11 is 0. The summed E-state index contributed by atoms with van der Waals surface area (Å²) in [6.07, 6.45) is 0. The second-order valence-electron chi connectivity index (χ2n) is 8.12. The number of benzene rings is 2. The lowest BCUT2D eigenvalue weighted by Gasteiger charge is -2.39.